The molecule has 1 aromatic heterocycles. The van der Waals surface area contributed by atoms with E-state index >= 15 is 0 Å². The second-order valence-electron chi connectivity index (χ2n) is 17.2. The summed E-state index contributed by atoms with van der Waals surface area (Å²) in [5.41, 5.74) is 8.12. The molecule has 3 heterocycles. The number of aliphatic hydroxyl groups excluding tert-OH is 1. The zero-order chi connectivity index (χ0) is 43.7. The number of carbonyl (C=O) groups is 7. The molecule has 6 amide bonds. The molecule has 0 unspecified atom stereocenters. The van der Waals surface area contributed by atoms with Crippen LogP contribution in [0.25, 0.3) is 10.9 Å². The Morgan fingerprint density at radius 3 is 1.78 bits per heavy atom. The smallest absolute Gasteiger partial charge is 0.326 e. The van der Waals surface area contributed by atoms with Gasteiger partial charge in [-0.05, 0) is 81.3 Å². The van der Waals surface area contributed by atoms with E-state index in [2.05, 4.69) is 26.3 Å². The summed E-state index contributed by atoms with van der Waals surface area (Å²) in [7, 11) is 0. The molecule has 2 aliphatic heterocycles. The number of hydrogen-bond acceptors (Lipinski definition) is 9. The summed E-state index contributed by atoms with van der Waals surface area (Å²) in [6, 6.07) is 0.0409. The van der Waals surface area contributed by atoms with Crippen LogP contribution in [0.3, 0.4) is 0 Å². The fraction of sp³-hybridized carbons (Fsp3) is 0.643. The number of hydrogen-bond donors (Lipinski definition) is 8. The highest BCUT2D eigenvalue weighted by atomic mass is 16.4. The van der Waals surface area contributed by atoms with Crippen molar-refractivity contribution in [2.75, 3.05) is 13.1 Å². The lowest BCUT2D eigenvalue weighted by Crippen LogP contribution is -2.61. The molecule has 59 heavy (non-hydrogen) atoms. The number of H-pyrrole nitrogens is 1. The first kappa shape index (κ1) is 46.7. The van der Waals surface area contributed by atoms with E-state index in [4.69, 9.17) is 5.73 Å². The number of carboxylic acid groups (broad SMARTS) is 1. The van der Waals surface area contributed by atoms with E-state index in [1.54, 1.807) is 13.8 Å². The number of nitrogens with zero attached hydrogens (tertiary/aromatic N) is 2. The number of benzene rings is 1. The number of aliphatic carboxylic acids is 1. The maximum atomic E-state index is 14.1. The largest absolute Gasteiger partial charge is 0.480 e. The van der Waals surface area contributed by atoms with Crippen LogP contribution >= 0.6 is 0 Å². The molecule has 0 saturated carbocycles. The van der Waals surface area contributed by atoms with Gasteiger partial charge in [-0.3, -0.25) is 28.8 Å². The molecule has 8 atom stereocenters. The Morgan fingerprint density at radius 1 is 0.746 bits per heavy atom. The normalized spacial score (nSPS) is 19.9. The van der Waals surface area contributed by atoms with Crippen LogP contribution in [0.2, 0.25) is 0 Å². The van der Waals surface area contributed by atoms with Gasteiger partial charge >= 0.3 is 5.97 Å². The van der Waals surface area contributed by atoms with Gasteiger partial charge in [-0.2, -0.15) is 0 Å². The third-order valence-corrected chi connectivity index (χ3v) is 11.1. The molecule has 4 rings (SSSR count). The van der Waals surface area contributed by atoms with E-state index in [1.807, 2.05) is 58.2 Å². The van der Waals surface area contributed by atoms with Gasteiger partial charge in [-0.25, -0.2) is 4.79 Å². The molecule has 0 spiro atoms. The number of rotatable bonds is 19. The van der Waals surface area contributed by atoms with E-state index < -0.39 is 89.8 Å². The van der Waals surface area contributed by atoms with Gasteiger partial charge < -0.3 is 52.0 Å². The van der Waals surface area contributed by atoms with Crippen LogP contribution in [0.5, 0.6) is 0 Å². The number of nitrogens with two attached hydrogens (primary N) is 1. The average molecular weight is 825 g/mol. The molecule has 0 radical (unpaired) electrons. The lowest BCUT2D eigenvalue weighted by atomic mass is 9.99. The van der Waals surface area contributed by atoms with Gasteiger partial charge in [0.15, 0.2) is 0 Å². The first-order valence-corrected chi connectivity index (χ1v) is 20.8. The lowest BCUT2D eigenvalue weighted by Gasteiger charge is -2.33. The van der Waals surface area contributed by atoms with Gasteiger partial charge in [0.1, 0.15) is 36.3 Å². The van der Waals surface area contributed by atoms with Gasteiger partial charge in [-0.1, -0.05) is 59.7 Å². The Labute approximate surface area is 345 Å². The van der Waals surface area contributed by atoms with Crippen molar-refractivity contribution in [1.82, 2.24) is 36.1 Å². The summed E-state index contributed by atoms with van der Waals surface area (Å²) in [6.45, 7) is 12.7. The second kappa shape index (κ2) is 20.8. The number of aromatic nitrogens is 1. The molecule has 2 saturated heterocycles. The fourth-order valence-electron chi connectivity index (χ4n) is 7.94. The fourth-order valence-corrected chi connectivity index (χ4v) is 7.94. The third kappa shape index (κ3) is 12.0. The van der Waals surface area contributed by atoms with E-state index in [0.29, 0.717) is 19.3 Å². The summed E-state index contributed by atoms with van der Waals surface area (Å²) in [6.07, 6.45) is 2.58. The summed E-state index contributed by atoms with van der Waals surface area (Å²) < 4.78 is 0. The Bertz CT molecular complexity index is 1830. The van der Waals surface area contributed by atoms with Crippen molar-refractivity contribution in [2.45, 2.75) is 142 Å². The molecule has 0 bridgehead atoms. The lowest BCUT2D eigenvalue weighted by molar-refractivity contribution is -0.146. The zero-order valence-corrected chi connectivity index (χ0v) is 35.3. The molecular formula is C42H64N8O9. The maximum Gasteiger partial charge on any atom is 0.326 e. The monoisotopic (exact) mass is 824 g/mol. The van der Waals surface area contributed by atoms with Gasteiger partial charge in [0.25, 0.3) is 0 Å². The van der Waals surface area contributed by atoms with Crippen molar-refractivity contribution >= 4 is 52.3 Å². The first-order chi connectivity index (χ1) is 27.8. The first-order valence-electron chi connectivity index (χ1n) is 20.8. The highest BCUT2D eigenvalue weighted by Crippen LogP contribution is 2.24. The molecule has 2 aliphatic rings. The Balaban J connectivity index is 1.43. The zero-order valence-electron chi connectivity index (χ0n) is 35.3. The number of likely N-dealkylation sites (tertiary alicyclic amines) is 2. The number of nitrogens with one attached hydrogen (secondary N) is 5. The van der Waals surface area contributed by atoms with Crippen LogP contribution < -0.4 is 27.0 Å². The van der Waals surface area contributed by atoms with Gasteiger partial charge in [0.05, 0.1) is 12.1 Å². The molecule has 326 valence electrons. The number of carbonyl (C=O) groups excluding carboxylic acids is 6. The highest BCUT2D eigenvalue weighted by molar-refractivity contribution is 5.98. The average Bonchev–Trinajstić information content (AvgIpc) is 3.95. The summed E-state index contributed by atoms with van der Waals surface area (Å²) in [5.74, 6) is -5.25. The summed E-state index contributed by atoms with van der Waals surface area (Å²) >= 11 is 0. The minimum absolute atomic E-state index is 0.0133. The van der Waals surface area contributed by atoms with E-state index in [1.165, 1.54) is 16.7 Å². The minimum Gasteiger partial charge on any atom is -0.480 e. The van der Waals surface area contributed by atoms with Gasteiger partial charge in [0.2, 0.25) is 35.4 Å². The van der Waals surface area contributed by atoms with Crippen LogP contribution in [-0.4, -0.2) is 128 Å². The van der Waals surface area contributed by atoms with Crippen LogP contribution in [0, 0.1) is 17.8 Å². The second-order valence-corrected chi connectivity index (χ2v) is 17.2. The summed E-state index contributed by atoms with van der Waals surface area (Å²) in [5, 5.41) is 32.1. The predicted molar refractivity (Wildman–Crippen MR) is 220 cm³/mol. The van der Waals surface area contributed by atoms with Crippen molar-refractivity contribution < 1.29 is 43.8 Å². The van der Waals surface area contributed by atoms with Crippen molar-refractivity contribution in [1.29, 1.82) is 0 Å². The maximum absolute atomic E-state index is 14.1. The van der Waals surface area contributed by atoms with Crippen LogP contribution in [-0.2, 0) is 40.0 Å². The third-order valence-electron chi connectivity index (χ3n) is 11.1. The molecule has 1 aromatic carbocycles. The number of para-hydroxylation sites is 1. The van der Waals surface area contributed by atoms with Crippen molar-refractivity contribution in [3.63, 3.8) is 0 Å². The van der Waals surface area contributed by atoms with Crippen molar-refractivity contribution in [3.8, 4) is 0 Å². The molecule has 17 heteroatoms. The van der Waals surface area contributed by atoms with E-state index in [0.717, 1.165) is 16.5 Å². The predicted octanol–water partition coefficient (Wildman–Crippen LogP) is 1.17. The Morgan fingerprint density at radius 2 is 1.25 bits per heavy atom. The number of carboxylic acids is 1. The molecule has 0 aliphatic carbocycles. The van der Waals surface area contributed by atoms with Gasteiger partial charge in [0, 0.05) is 30.2 Å². The quantitative estimate of drug-likeness (QED) is 0.100. The van der Waals surface area contributed by atoms with Crippen molar-refractivity contribution in [2.24, 2.45) is 23.5 Å². The highest BCUT2D eigenvalue weighted by Gasteiger charge is 2.43. The summed E-state index contributed by atoms with van der Waals surface area (Å²) in [4.78, 5) is 100. The number of aliphatic hydroxyl groups is 1. The Hall–Kier alpha value is -5.03. The van der Waals surface area contributed by atoms with Gasteiger partial charge in [-0.15, -0.1) is 0 Å². The Kier molecular flexibility index (Phi) is 16.4. The topological polar surface area (TPSA) is 256 Å². The molecular weight excluding hydrogens is 761 g/mol. The SMILES string of the molecule is CC(C)C[C@H](NC(=O)[C@@H]1CCCN1C(=O)[C@@H](NC(=O)[C@H](CC(C)C)NC(=O)[C@@H]1CCCN1C(=O)[C@@H](NC(=O)[C@@H](N)Cc1c[nH]c2ccccc12)C(C)C)[C@@H](C)O)C(=O)O. The molecule has 2 fully saturated rings. The number of amides is 6. The van der Waals surface area contributed by atoms with E-state index in [9.17, 15) is 43.8 Å². The molecule has 17 nitrogen and oxygen atoms in total. The van der Waals surface area contributed by atoms with Crippen molar-refractivity contribution in [3.05, 3.63) is 36.0 Å². The van der Waals surface area contributed by atoms with Crippen LogP contribution in [0.1, 0.15) is 92.6 Å². The number of aromatic amines is 1. The number of fused-ring (bicyclic) bond motifs is 1. The molecule has 9 N–H and O–H groups in total. The van der Waals surface area contributed by atoms with Crippen LogP contribution in [0.4, 0.5) is 0 Å². The molecule has 2 aromatic rings. The standard InChI is InChI=1S/C42H64N8O9/c1-22(2)18-30(37(53)48-35(25(7)51)41(57)50-17-11-15-33(50)39(55)46-31(42(58)59)19-23(3)4)45-38(54)32-14-10-16-49(32)40(56)34(24(5)6)47-36(52)28(43)20-26-21-44-29-13-9-8-12-27(26)29/h8-9,12-13,21-25,28,30-35,44,51H,10-11,14-20,43H2,1-7H3,(H,45,54)(H,46,55)(H,47,52)(H,48,53)(H,58,59)/t25-,28+,30+,31+,32+,33+,34+,35+/m1/s1. The van der Waals surface area contributed by atoms with Crippen LogP contribution in [0.15, 0.2) is 30.5 Å². The van der Waals surface area contributed by atoms with E-state index in [-0.39, 0.29) is 56.5 Å². The minimum atomic E-state index is -1.48.